The molecule has 0 bridgehead atoms. The summed E-state index contributed by atoms with van der Waals surface area (Å²) >= 11 is 0. The van der Waals surface area contributed by atoms with Crippen molar-refractivity contribution in [3.8, 4) is 0 Å². The second-order valence-electron chi connectivity index (χ2n) is 5.17. The van der Waals surface area contributed by atoms with Crippen LogP contribution >= 0.6 is 12.4 Å². The molecule has 4 heteroatoms. The van der Waals surface area contributed by atoms with Crippen LogP contribution in [0.3, 0.4) is 0 Å². The Morgan fingerprint density at radius 1 is 1.21 bits per heavy atom. The summed E-state index contributed by atoms with van der Waals surface area (Å²) in [5.74, 6) is 0.903. The number of carbonyl (C=O) groups excluding carboxylic acids is 1. The van der Waals surface area contributed by atoms with E-state index in [9.17, 15) is 4.79 Å². The summed E-state index contributed by atoms with van der Waals surface area (Å²) < 4.78 is 0. The molecule has 106 valence electrons. The third-order valence-electron chi connectivity index (χ3n) is 3.72. The lowest BCUT2D eigenvalue weighted by atomic mass is 10.0. The second kappa shape index (κ2) is 8.05. The minimum absolute atomic E-state index is 0. The van der Waals surface area contributed by atoms with Crippen LogP contribution in [0.15, 0.2) is 24.3 Å². The molecule has 1 aliphatic rings. The standard InChI is InChI=1S/C15H22N2O.ClH/c16-14-9-7-13(8-10-14)15(18)17-11-3-6-12-4-1-2-5-12;/h7-10,12H,1-6,11,16H2,(H,17,18);1H. The molecule has 1 fully saturated rings. The Bertz CT molecular complexity index is 386. The van der Waals surface area contributed by atoms with Crippen molar-refractivity contribution in [3.05, 3.63) is 29.8 Å². The number of amides is 1. The molecule has 0 spiro atoms. The quantitative estimate of drug-likeness (QED) is 0.642. The van der Waals surface area contributed by atoms with Gasteiger partial charge in [0.1, 0.15) is 0 Å². The van der Waals surface area contributed by atoms with Gasteiger partial charge in [0.25, 0.3) is 5.91 Å². The van der Waals surface area contributed by atoms with E-state index < -0.39 is 0 Å². The van der Waals surface area contributed by atoms with Gasteiger partial charge in [-0.3, -0.25) is 4.79 Å². The topological polar surface area (TPSA) is 55.1 Å². The fourth-order valence-corrected chi connectivity index (χ4v) is 2.63. The monoisotopic (exact) mass is 282 g/mol. The van der Waals surface area contributed by atoms with Crippen LogP contribution in [0.4, 0.5) is 5.69 Å². The normalized spacial score (nSPS) is 14.9. The van der Waals surface area contributed by atoms with Gasteiger partial charge in [-0.25, -0.2) is 0 Å². The molecule has 0 radical (unpaired) electrons. The molecule has 3 N–H and O–H groups in total. The van der Waals surface area contributed by atoms with Gasteiger partial charge >= 0.3 is 0 Å². The lowest BCUT2D eigenvalue weighted by Gasteiger charge is -2.09. The van der Waals surface area contributed by atoms with Crippen LogP contribution in [0.1, 0.15) is 48.9 Å². The van der Waals surface area contributed by atoms with Gasteiger partial charge in [0.05, 0.1) is 0 Å². The third-order valence-corrected chi connectivity index (χ3v) is 3.72. The van der Waals surface area contributed by atoms with Gasteiger partial charge in [-0.05, 0) is 43.0 Å². The number of anilines is 1. The summed E-state index contributed by atoms with van der Waals surface area (Å²) in [6.45, 7) is 0.777. The first-order valence-electron chi connectivity index (χ1n) is 6.89. The zero-order valence-corrected chi connectivity index (χ0v) is 12.0. The Balaban J connectivity index is 0.00000180. The Hall–Kier alpha value is -1.22. The molecule has 2 rings (SSSR count). The Morgan fingerprint density at radius 2 is 1.84 bits per heavy atom. The predicted octanol–water partition coefficient (Wildman–Crippen LogP) is 3.39. The largest absolute Gasteiger partial charge is 0.399 e. The van der Waals surface area contributed by atoms with Crippen molar-refractivity contribution in [1.29, 1.82) is 0 Å². The van der Waals surface area contributed by atoms with E-state index in [1.54, 1.807) is 24.3 Å². The Morgan fingerprint density at radius 3 is 2.47 bits per heavy atom. The maximum atomic E-state index is 11.8. The lowest BCUT2D eigenvalue weighted by Crippen LogP contribution is -2.24. The number of nitrogens with two attached hydrogens (primary N) is 1. The minimum atomic E-state index is 0. The van der Waals surface area contributed by atoms with Crippen LogP contribution in [0.2, 0.25) is 0 Å². The van der Waals surface area contributed by atoms with E-state index >= 15 is 0 Å². The molecule has 0 saturated heterocycles. The van der Waals surface area contributed by atoms with Crippen LogP contribution in [-0.4, -0.2) is 12.5 Å². The molecular formula is C15H23ClN2O. The summed E-state index contributed by atoms with van der Waals surface area (Å²) in [5.41, 5.74) is 6.96. The van der Waals surface area contributed by atoms with Crippen molar-refractivity contribution in [2.24, 2.45) is 5.92 Å². The van der Waals surface area contributed by atoms with Crippen molar-refractivity contribution in [1.82, 2.24) is 5.32 Å². The van der Waals surface area contributed by atoms with Crippen molar-refractivity contribution < 1.29 is 4.79 Å². The summed E-state index contributed by atoms with van der Waals surface area (Å²) in [6.07, 6.45) is 7.89. The number of hydrogen-bond acceptors (Lipinski definition) is 2. The molecule has 1 aliphatic carbocycles. The second-order valence-corrected chi connectivity index (χ2v) is 5.17. The molecule has 0 unspecified atom stereocenters. The average Bonchev–Trinajstić information content (AvgIpc) is 2.88. The van der Waals surface area contributed by atoms with E-state index in [0.29, 0.717) is 11.3 Å². The highest BCUT2D eigenvalue weighted by molar-refractivity contribution is 5.94. The number of carbonyl (C=O) groups is 1. The number of halogens is 1. The van der Waals surface area contributed by atoms with E-state index in [0.717, 1.165) is 18.9 Å². The number of nitrogen functional groups attached to an aromatic ring is 1. The van der Waals surface area contributed by atoms with Crippen molar-refractivity contribution in [2.45, 2.75) is 38.5 Å². The van der Waals surface area contributed by atoms with Gasteiger partial charge in [0.2, 0.25) is 0 Å². The van der Waals surface area contributed by atoms with Gasteiger partial charge < -0.3 is 11.1 Å². The number of rotatable bonds is 5. The molecule has 0 heterocycles. The molecule has 1 aromatic rings. The van der Waals surface area contributed by atoms with Gasteiger partial charge in [-0.2, -0.15) is 0 Å². The molecule has 19 heavy (non-hydrogen) atoms. The molecule has 0 aliphatic heterocycles. The first-order valence-corrected chi connectivity index (χ1v) is 6.89. The molecule has 1 saturated carbocycles. The SMILES string of the molecule is Cl.Nc1ccc(C(=O)NCCCC2CCCC2)cc1. The molecule has 1 aromatic carbocycles. The molecule has 3 nitrogen and oxygen atoms in total. The van der Waals surface area contributed by atoms with Crippen LogP contribution in [-0.2, 0) is 0 Å². The first kappa shape index (κ1) is 15.8. The fraction of sp³-hybridized carbons (Fsp3) is 0.533. The van der Waals surface area contributed by atoms with Crippen molar-refractivity contribution in [2.75, 3.05) is 12.3 Å². The Labute approximate surface area is 121 Å². The van der Waals surface area contributed by atoms with Gasteiger partial charge in [-0.1, -0.05) is 25.7 Å². The van der Waals surface area contributed by atoms with Crippen molar-refractivity contribution in [3.63, 3.8) is 0 Å². The summed E-state index contributed by atoms with van der Waals surface area (Å²) in [7, 11) is 0. The van der Waals surface area contributed by atoms with E-state index in [4.69, 9.17) is 5.73 Å². The predicted molar refractivity (Wildman–Crippen MR) is 81.6 cm³/mol. The van der Waals surface area contributed by atoms with E-state index in [1.807, 2.05) is 0 Å². The first-order chi connectivity index (χ1) is 8.75. The third kappa shape index (κ3) is 5.11. The number of nitrogens with one attached hydrogen (secondary N) is 1. The van der Waals surface area contributed by atoms with E-state index in [2.05, 4.69) is 5.32 Å². The molecule has 0 atom stereocenters. The smallest absolute Gasteiger partial charge is 0.251 e. The van der Waals surface area contributed by atoms with Crippen LogP contribution in [0.5, 0.6) is 0 Å². The highest BCUT2D eigenvalue weighted by atomic mass is 35.5. The lowest BCUT2D eigenvalue weighted by molar-refractivity contribution is 0.0952. The van der Waals surface area contributed by atoms with Crippen LogP contribution < -0.4 is 11.1 Å². The van der Waals surface area contributed by atoms with Crippen LogP contribution in [0, 0.1) is 5.92 Å². The van der Waals surface area contributed by atoms with Crippen molar-refractivity contribution >= 4 is 24.0 Å². The Kier molecular flexibility index (Phi) is 6.71. The maximum absolute atomic E-state index is 11.8. The number of hydrogen-bond donors (Lipinski definition) is 2. The highest BCUT2D eigenvalue weighted by Crippen LogP contribution is 2.28. The van der Waals surface area contributed by atoms with Gasteiger partial charge in [0, 0.05) is 17.8 Å². The number of benzene rings is 1. The summed E-state index contributed by atoms with van der Waals surface area (Å²) in [6, 6.07) is 7.05. The van der Waals surface area contributed by atoms with Gasteiger partial charge in [0.15, 0.2) is 0 Å². The maximum Gasteiger partial charge on any atom is 0.251 e. The molecular weight excluding hydrogens is 260 g/mol. The van der Waals surface area contributed by atoms with Crippen LogP contribution in [0.25, 0.3) is 0 Å². The van der Waals surface area contributed by atoms with E-state index in [1.165, 1.54) is 32.1 Å². The average molecular weight is 283 g/mol. The summed E-state index contributed by atoms with van der Waals surface area (Å²) in [5, 5.41) is 2.96. The van der Waals surface area contributed by atoms with E-state index in [-0.39, 0.29) is 18.3 Å². The summed E-state index contributed by atoms with van der Waals surface area (Å²) in [4.78, 5) is 11.8. The minimum Gasteiger partial charge on any atom is -0.399 e. The fourth-order valence-electron chi connectivity index (χ4n) is 2.63. The zero-order valence-electron chi connectivity index (χ0n) is 11.2. The highest BCUT2D eigenvalue weighted by Gasteiger charge is 2.14. The molecule has 0 aromatic heterocycles. The van der Waals surface area contributed by atoms with Gasteiger partial charge in [-0.15, -0.1) is 12.4 Å². The molecule has 1 amide bonds. The zero-order chi connectivity index (χ0) is 12.8.